The maximum atomic E-state index is 14.1. The van der Waals surface area contributed by atoms with Gasteiger partial charge in [-0.2, -0.15) is 0 Å². The molecule has 4 aromatic carbocycles. The van der Waals surface area contributed by atoms with Crippen molar-refractivity contribution in [3.8, 4) is 11.5 Å². The average Bonchev–Trinajstić information content (AvgIpc) is 3.20. The minimum absolute atomic E-state index is 0.103. The van der Waals surface area contributed by atoms with E-state index < -0.39 is 53.9 Å². The molecule has 300 valence electrons. The topological polar surface area (TPSA) is 141 Å². The van der Waals surface area contributed by atoms with Crippen LogP contribution in [-0.4, -0.2) is 112 Å². The summed E-state index contributed by atoms with van der Waals surface area (Å²) >= 11 is 0. The first-order chi connectivity index (χ1) is 27.3. The van der Waals surface area contributed by atoms with Crippen LogP contribution < -0.4 is 29.9 Å². The molecule has 1 aliphatic rings. The van der Waals surface area contributed by atoms with Crippen molar-refractivity contribution < 1.29 is 42.2 Å². The molecule has 15 heteroatoms. The van der Waals surface area contributed by atoms with Crippen LogP contribution in [0.1, 0.15) is 11.1 Å². The van der Waals surface area contributed by atoms with Crippen molar-refractivity contribution in [3.63, 3.8) is 0 Å². The van der Waals surface area contributed by atoms with E-state index >= 15 is 0 Å². The maximum absolute atomic E-state index is 14.1. The fraction of sp³-hybridized carbons (Fsp3) is 0.310. The molecule has 2 atom stereocenters. The number of amides is 5. The normalized spacial score (nSPS) is 13.9. The predicted octanol–water partition coefficient (Wildman–Crippen LogP) is 3.21. The fourth-order valence-electron chi connectivity index (χ4n) is 6.46. The number of carbonyl (C=O) groups excluding carboxylic acids is 5. The zero-order valence-corrected chi connectivity index (χ0v) is 32.2. The predicted molar refractivity (Wildman–Crippen MR) is 210 cm³/mol. The molecule has 5 rings (SSSR count). The molecule has 4 aromatic rings. The Bertz CT molecular complexity index is 2010. The molecule has 13 nitrogen and oxygen atoms in total. The number of hydrogen-bond donors (Lipinski definition) is 2. The smallest absolute Gasteiger partial charge is 0.249 e. The number of benzene rings is 4. The van der Waals surface area contributed by atoms with Gasteiger partial charge in [-0.15, -0.1) is 0 Å². The van der Waals surface area contributed by atoms with Crippen molar-refractivity contribution in [2.75, 3.05) is 70.8 Å². The van der Waals surface area contributed by atoms with Crippen LogP contribution in [0.3, 0.4) is 0 Å². The number of ether oxygens (including phenoxy) is 2. The molecule has 57 heavy (non-hydrogen) atoms. The Balaban J connectivity index is 1.20. The molecule has 0 aliphatic carbocycles. The summed E-state index contributed by atoms with van der Waals surface area (Å²) in [6.07, 6.45) is 0.0154. The maximum Gasteiger partial charge on any atom is 0.249 e. The number of anilines is 2. The zero-order chi connectivity index (χ0) is 41.1. The molecule has 1 aliphatic heterocycles. The Morgan fingerprint density at radius 2 is 1.14 bits per heavy atom. The highest BCUT2D eigenvalue weighted by Crippen LogP contribution is 2.21. The second kappa shape index (κ2) is 19.5. The van der Waals surface area contributed by atoms with Crippen molar-refractivity contribution in [2.24, 2.45) is 0 Å². The highest BCUT2D eigenvalue weighted by molar-refractivity contribution is 6.00. The van der Waals surface area contributed by atoms with Gasteiger partial charge < -0.3 is 34.8 Å². The highest BCUT2D eigenvalue weighted by Gasteiger charge is 2.31. The summed E-state index contributed by atoms with van der Waals surface area (Å²) in [6, 6.07) is 23.6. The largest absolute Gasteiger partial charge is 0.497 e. The van der Waals surface area contributed by atoms with E-state index in [0.29, 0.717) is 28.9 Å². The van der Waals surface area contributed by atoms with E-state index in [1.807, 2.05) is 30.3 Å². The molecule has 0 aromatic heterocycles. The Morgan fingerprint density at radius 1 is 0.667 bits per heavy atom. The first-order valence-electron chi connectivity index (χ1n) is 18.2. The quantitative estimate of drug-likeness (QED) is 0.177. The molecular formula is C42H46F2N6O7. The second-order valence-electron chi connectivity index (χ2n) is 13.6. The van der Waals surface area contributed by atoms with Crippen LogP contribution in [0.5, 0.6) is 11.5 Å². The van der Waals surface area contributed by atoms with Gasteiger partial charge in [0.25, 0.3) is 0 Å². The molecule has 0 unspecified atom stereocenters. The van der Waals surface area contributed by atoms with Crippen molar-refractivity contribution in [1.29, 1.82) is 0 Å². The van der Waals surface area contributed by atoms with Gasteiger partial charge >= 0.3 is 0 Å². The number of nitrogens with one attached hydrogen (secondary N) is 2. The number of carbonyl (C=O) groups is 5. The number of methoxy groups -OCH3 is 2. The van der Waals surface area contributed by atoms with Gasteiger partial charge in [-0.3, -0.25) is 28.9 Å². The van der Waals surface area contributed by atoms with E-state index in [9.17, 15) is 32.8 Å². The van der Waals surface area contributed by atoms with Crippen molar-refractivity contribution in [3.05, 3.63) is 120 Å². The average molecular weight is 785 g/mol. The van der Waals surface area contributed by atoms with Crippen molar-refractivity contribution in [1.82, 2.24) is 20.4 Å². The van der Waals surface area contributed by atoms with Crippen LogP contribution in [0.15, 0.2) is 97.1 Å². The van der Waals surface area contributed by atoms with E-state index in [-0.39, 0.29) is 50.5 Å². The number of rotatable bonds is 16. The summed E-state index contributed by atoms with van der Waals surface area (Å²) < 4.78 is 38.6. The molecule has 2 N–H and O–H groups in total. The molecule has 1 heterocycles. The number of piperazine rings is 1. The number of hydrogen-bond acceptors (Lipinski definition) is 8. The van der Waals surface area contributed by atoms with E-state index in [0.717, 1.165) is 17.7 Å². The zero-order valence-electron chi connectivity index (χ0n) is 32.2. The lowest BCUT2D eigenvalue weighted by Gasteiger charge is -2.34. The van der Waals surface area contributed by atoms with E-state index in [1.54, 1.807) is 67.6 Å². The van der Waals surface area contributed by atoms with Gasteiger partial charge in [0.1, 0.15) is 35.2 Å². The van der Waals surface area contributed by atoms with Crippen molar-refractivity contribution >= 4 is 40.9 Å². The monoisotopic (exact) mass is 784 g/mol. The lowest BCUT2D eigenvalue weighted by molar-refractivity contribution is -0.141. The van der Waals surface area contributed by atoms with Gasteiger partial charge in [-0.1, -0.05) is 30.3 Å². The summed E-state index contributed by atoms with van der Waals surface area (Å²) in [5.41, 5.74) is 2.10. The molecule has 0 radical (unpaired) electrons. The van der Waals surface area contributed by atoms with E-state index in [1.165, 1.54) is 28.9 Å². The van der Waals surface area contributed by atoms with Gasteiger partial charge in [-0.25, -0.2) is 8.78 Å². The number of halogens is 2. The first kappa shape index (κ1) is 41.8. The number of nitrogens with zero attached hydrogens (tertiary/aromatic N) is 4. The molecule has 1 saturated heterocycles. The van der Waals surface area contributed by atoms with Crippen LogP contribution in [-0.2, 0) is 36.8 Å². The van der Waals surface area contributed by atoms with Crippen LogP contribution in [0.25, 0.3) is 0 Å². The Labute approximate surface area is 330 Å². The Morgan fingerprint density at radius 3 is 1.61 bits per heavy atom. The molecule has 5 amide bonds. The molecule has 0 spiro atoms. The van der Waals surface area contributed by atoms with Crippen LogP contribution >= 0.6 is 0 Å². The Kier molecular flexibility index (Phi) is 14.3. The number of likely N-dealkylation sites (N-methyl/N-ethyl adjacent to an activating group) is 2. The third-order valence-electron chi connectivity index (χ3n) is 9.59. The standard InChI is InChI=1S/C42H46F2N6O7/c1-47(32-10-14-34(56-3)15-11-32)41(54)36(22-28-8-6-5-7-9-28)45-38(51)25-49-18-19-50(40(53)27-49)26-39(52)46-37(23-29-20-30(43)24-31(44)21-29)42(55)48(2)33-12-16-35(57-4)17-13-33/h5-17,20-21,24,36-37H,18-19,22-23,25-27H2,1-4H3,(H,45,51)(H,46,52)/t36-,37-/m0/s1. The van der Waals surface area contributed by atoms with Gasteiger partial charge in [0.2, 0.25) is 29.5 Å². The van der Waals surface area contributed by atoms with Gasteiger partial charge in [0.05, 0.1) is 33.9 Å². The van der Waals surface area contributed by atoms with Gasteiger partial charge in [0, 0.05) is 57.5 Å². The SMILES string of the molecule is COc1ccc(N(C)C(=O)[C@H](Cc2ccccc2)NC(=O)CN2CCN(CC(=O)N[C@@H](Cc3cc(F)cc(F)c3)C(=O)N(C)c3ccc(OC)cc3)C(=O)C2)cc1. The van der Waals surface area contributed by atoms with Crippen LogP contribution in [0.2, 0.25) is 0 Å². The lowest BCUT2D eigenvalue weighted by Crippen LogP contribution is -2.57. The first-order valence-corrected chi connectivity index (χ1v) is 18.2. The summed E-state index contributed by atoms with van der Waals surface area (Å²) in [7, 11) is 6.19. The molecular weight excluding hydrogens is 738 g/mol. The van der Waals surface area contributed by atoms with Crippen LogP contribution in [0.4, 0.5) is 20.2 Å². The van der Waals surface area contributed by atoms with Gasteiger partial charge in [-0.05, 0) is 71.8 Å². The summed E-state index contributed by atoms with van der Waals surface area (Å²) in [6.45, 7) is -0.381. The highest BCUT2D eigenvalue weighted by atomic mass is 19.1. The summed E-state index contributed by atoms with van der Waals surface area (Å²) in [5.74, 6) is -2.88. The minimum atomic E-state index is -1.24. The lowest BCUT2D eigenvalue weighted by atomic mass is 10.0. The Hall–Kier alpha value is -6.35. The third-order valence-corrected chi connectivity index (χ3v) is 9.59. The van der Waals surface area contributed by atoms with Gasteiger partial charge in [0.15, 0.2) is 0 Å². The van der Waals surface area contributed by atoms with Crippen molar-refractivity contribution in [2.45, 2.75) is 24.9 Å². The fourth-order valence-corrected chi connectivity index (χ4v) is 6.46. The third kappa shape index (κ3) is 11.6. The molecule has 0 saturated carbocycles. The molecule has 0 bridgehead atoms. The minimum Gasteiger partial charge on any atom is -0.497 e. The van der Waals surface area contributed by atoms with E-state index in [4.69, 9.17) is 9.47 Å². The summed E-state index contributed by atoms with van der Waals surface area (Å²) in [5, 5.41) is 5.51. The second-order valence-corrected chi connectivity index (χ2v) is 13.6. The molecule has 1 fully saturated rings. The van der Waals surface area contributed by atoms with Crippen LogP contribution in [0, 0.1) is 11.6 Å². The summed E-state index contributed by atoms with van der Waals surface area (Å²) in [4.78, 5) is 73.1. The van der Waals surface area contributed by atoms with E-state index in [2.05, 4.69) is 10.6 Å².